The van der Waals surface area contributed by atoms with Crippen LogP contribution in [0, 0.1) is 17.0 Å². The van der Waals surface area contributed by atoms with E-state index in [9.17, 15) is 5.21 Å². The Bertz CT molecular complexity index is 145. The van der Waals surface area contributed by atoms with Gasteiger partial charge in [-0.2, -0.15) is 5.43 Å². The molecule has 0 amide bonds. The van der Waals surface area contributed by atoms with E-state index in [4.69, 9.17) is 0 Å². The zero-order valence-electron chi connectivity index (χ0n) is 7.18. The summed E-state index contributed by atoms with van der Waals surface area (Å²) in [6.07, 6.45) is 5.34. The number of fused-ring (bicyclic) bond motifs is 1. The topological polar surface area (TPSA) is 39.5 Å². The van der Waals surface area contributed by atoms with Gasteiger partial charge in [0, 0.05) is 12.5 Å². The normalized spacial score (nSPS) is 41.2. The van der Waals surface area contributed by atoms with E-state index in [1.165, 1.54) is 25.7 Å². The number of quaternary nitrogens is 1. The minimum absolute atomic E-state index is 0. The van der Waals surface area contributed by atoms with Crippen molar-refractivity contribution in [3.05, 3.63) is 5.21 Å². The molecule has 3 atom stereocenters. The second-order valence-electron chi connectivity index (χ2n) is 3.81. The predicted octanol–water partition coefficient (Wildman–Crippen LogP) is -3.30. The fourth-order valence-corrected chi connectivity index (χ4v) is 2.38. The molecule has 2 aliphatic rings. The van der Waals surface area contributed by atoms with Gasteiger partial charge in [0.25, 0.3) is 0 Å². The molecule has 1 heterocycles. The van der Waals surface area contributed by atoms with Crippen molar-refractivity contribution in [1.29, 1.82) is 0 Å². The third-order valence-corrected chi connectivity index (χ3v) is 3.08. The van der Waals surface area contributed by atoms with E-state index in [2.05, 4.69) is 5.43 Å². The van der Waals surface area contributed by atoms with Crippen molar-refractivity contribution in [2.24, 2.45) is 11.8 Å². The Morgan fingerprint density at radius 3 is 2.58 bits per heavy atom. The maximum Gasteiger partial charge on any atom is 0.0975 e. The van der Waals surface area contributed by atoms with Gasteiger partial charge < -0.3 is 29.2 Å². The van der Waals surface area contributed by atoms with Crippen LogP contribution in [0.5, 0.6) is 0 Å². The summed E-state index contributed by atoms with van der Waals surface area (Å²) in [6, 6.07) is 0. The molecule has 2 N–H and O–H groups in total. The molecule has 1 aliphatic heterocycles. The highest BCUT2D eigenvalue weighted by atomic mass is 127. The summed E-state index contributed by atoms with van der Waals surface area (Å²) in [7, 11) is 0. The van der Waals surface area contributed by atoms with E-state index < -0.39 is 0 Å². The number of nitrogens with one attached hydrogen (secondary N) is 2. The van der Waals surface area contributed by atoms with Crippen molar-refractivity contribution in [2.45, 2.75) is 25.7 Å². The lowest BCUT2D eigenvalue weighted by atomic mass is 9.78. The van der Waals surface area contributed by atoms with Crippen molar-refractivity contribution in [1.82, 2.24) is 5.43 Å². The van der Waals surface area contributed by atoms with Gasteiger partial charge in [-0.05, 0) is 18.8 Å². The molecule has 0 bridgehead atoms. The number of hydrogen-bond acceptors (Lipinski definition) is 2. The molecule has 2 fully saturated rings. The summed E-state index contributed by atoms with van der Waals surface area (Å²) in [5.74, 6) is 1.53. The van der Waals surface area contributed by atoms with E-state index in [1.807, 2.05) is 0 Å². The molecule has 0 aromatic heterocycles. The van der Waals surface area contributed by atoms with Crippen molar-refractivity contribution in [2.75, 3.05) is 13.1 Å². The Hall–Kier alpha value is 0.610. The highest BCUT2D eigenvalue weighted by Gasteiger charge is 2.30. The lowest BCUT2D eigenvalue weighted by Gasteiger charge is -2.40. The molecule has 72 valence electrons. The first-order valence-electron chi connectivity index (χ1n) is 4.63. The molecule has 2 rings (SSSR count). The monoisotopic (exact) mass is 283 g/mol. The predicted molar refractivity (Wildman–Crippen MR) is 42.6 cm³/mol. The van der Waals surface area contributed by atoms with Crippen LogP contribution in [0.3, 0.4) is 0 Å². The third-order valence-electron chi connectivity index (χ3n) is 3.08. The van der Waals surface area contributed by atoms with E-state index in [1.54, 1.807) is 0 Å². The summed E-state index contributed by atoms with van der Waals surface area (Å²) in [6.45, 7) is 1.74. The van der Waals surface area contributed by atoms with Gasteiger partial charge in [0.05, 0.1) is 6.54 Å². The lowest BCUT2D eigenvalue weighted by Crippen LogP contribution is -3.16. The number of rotatable bonds is 0. The van der Waals surface area contributed by atoms with Crippen molar-refractivity contribution < 1.29 is 29.1 Å². The maximum absolute atomic E-state index is 11.0. The first-order chi connectivity index (χ1) is 5.36. The molecule has 1 saturated carbocycles. The second kappa shape index (κ2) is 4.74. The SMILES string of the molecule is [I-].[O-][NH+]1CC2CCCCC2CN1. The molecule has 12 heavy (non-hydrogen) atoms. The van der Waals surface area contributed by atoms with Crippen LogP contribution in [0.25, 0.3) is 0 Å². The Morgan fingerprint density at radius 1 is 1.17 bits per heavy atom. The summed E-state index contributed by atoms with van der Waals surface area (Å²) < 4.78 is 0. The van der Waals surface area contributed by atoms with Gasteiger partial charge in [0.15, 0.2) is 0 Å². The summed E-state index contributed by atoms with van der Waals surface area (Å²) in [5, 5.41) is 11.3. The van der Waals surface area contributed by atoms with Gasteiger partial charge in [0.1, 0.15) is 0 Å². The van der Waals surface area contributed by atoms with Crippen LogP contribution >= 0.6 is 0 Å². The van der Waals surface area contributed by atoms with Crippen LogP contribution in [0.1, 0.15) is 25.7 Å². The zero-order chi connectivity index (χ0) is 7.68. The average molecular weight is 283 g/mol. The molecule has 4 heteroatoms. The molecule has 0 spiro atoms. The molecule has 0 aromatic carbocycles. The van der Waals surface area contributed by atoms with Crippen molar-refractivity contribution >= 4 is 0 Å². The van der Waals surface area contributed by atoms with E-state index >= 15 is 0 Å². The Labute approximate surface area is 90.5 Å². The lowest BCUT2D eigenvalue weighted by molar-refractivity contribution is -0.907. The van der Waals surface area contributed by atoms with Gasteiger partial charge in [-0.15, -0.1) is 0 Å². The quantitative estimate of drug-likeness (QED) is 0.361. The summed E-state index contributed by atoms with van der Waals surface area (Å²) >= 11 is 0. The molecule has 0 radical (unpaired) electrons. The fourth-order valence-electron chi connectivity index (χ4n) is 2.38. The van der Waals surface area contributed by atoms with Gasteiger partial charge in [-0.1, -0.05) is 12.8 Å². The summed E-state index contributed by atoms with van der Waals surface area (Å²) in [4.78, 5) is 0. The fraction of sp³-hybridized carbons (Fsp3) is 1.00. The number of hydrogen-bond donors (Lipinski definition) is 2. The van der Waals surface area contributed by atoms with Crippen LogP contribution in [0.15, 0.2) is 0 Å². The zero-order valence-corrected chi connectivity index (χ0v) is 9.34. The van der Waals surface area contributed by atoms with Gasteiger partial charge in [0.2, 0.25) is 0 Å². The Balaban J connectivity index is 0.000000720. The first-order valence-corrected chi connectivity index (χ1v) is 4.63. The molecular weight excluding hydrogens is 267 g/mol. The van der Waals surface area contributed by atoms with Crippen molar-refractivity contribution in [3.63, 3.8) is 0 Å². The Kier molecular flexibility index (Phi) is 4.22. The molecule has 1 saturated heterocycles. The van der Waals surface area contributed by atoms with Crippen LogP contribution in [0.4, 0.5) is 0 Å². The molecule has 3 nitrogen and oxygen atoms in total. The van der Waals surface area contributed by atoms with Gasteiger partial charge in [-0.3, -0.25) is 5.17 Å². The molecular formula is C8H16IN2O-. The van der Waals surface area contributed by atoms with Crippen molar-refractivity contribution in [3.8, 4) is 0 Å². The minimum atomic E-state index is 0. The standard InChI is InChI=1S/C8H16N2O.HI/c11-10-6-8-4-2-1-3-7(8)5-9-10;/h7-10H,1-6H2;1H/p-1. The van der Waals surface area contributed by atoms with E-state index in [0.717, 1.165) is 24.9 Å². The third kappa shape index (κ3) is 2.31. The highest BCUT2D eigenvalue weighted by molar-refractivity contribution is 4.77. The average Bonchev–Trinajstić information content (AvgIpc) is 2.04. The largest absolute Gasteiger partial charge is 1.00 e. The molecule has 0 aromatic rings. The molecule has 3 unspecified atom stereocenters. The highest BCUT2D eigenvalue weighted by Crippen LogP contribution is 2.29. The van der Waals surface area contributed by atoms with Gasteiger partial charge >= 0.3 is 0 Å². The van der Waals surface area contributed by atoms with Crippen LogP contribution in [-0.4, -0.2) is 13.1 Å². The van der Waals surface area contributed by atoms with Crippen LogP contribution < -0.4 is 34.6 Å². The van der Waals surface area contributed by atoms with E-state index in [0.29, 0.717) is 0 Å². The minimum Gasteiger partial charge on any atom is -1.00 e. The first kappa shape index (κ1) is 10.7. The molecule has 1 aliphatic carbocycles. The van der Waals surface area contributed by atoms with Gasteiger partial charge in [-0.25, -0.2) is 0 Å². The smallest absolute Gasteiger partial charge is 0.0975 e. The maximum atomic E-state index is 11.0. The van der Waals surface area contributed by atoms with E-state index in [-0.39, 0.29) is 29.1 Å². The number of halogens is 1. The summed E-state index contributed by atoms with van der Waals surface area (Å²) in [5.41, 5.74) is 2.94. The van der Waals surface area contributed by atoms with Crippen LogP contribution in [0.2, 0.25) is 0 Å². The number of hydroxylamine groups is 1. The van der Waals surface area contributed by atoms with Crippen LogP contribution in [-0.2, 0) is 0 Å². The second-order valence-corrected chi connectivity index (χ2v) is 3.81. The Morgan fingerprint density at radius 2 is 1.83 bits per heavy atom.